The summed E-state index contributed by atoms with van der Waals surface area (Å²) >= 11 is 6.06. The molecule has 0 fully saturated rings. The van der Waals surface area contributed by atoms with Gasteiger partial charge in [-0.15, -0.1) is 0 Å². The van der Waals surface area contributed by atoms with Crippen molar-refractivity contribution >= 4 is 11.6 Å². The van der Waals surface area contributed by atoms with Gasteiger partial charge in [-0.25, -0.2) is 9.97 Å². The van der Waals surface area contributed by atoms with E-state index in [1.807, 2.05) is 6.92 Å². The van der Waals surface area contributed by atoms with Crippen molar-refractivity contribution in [2.75, 3.05) is 0 Å². The summed E-state index contributed by atoms with van der Waals surface area (Å²) in [6, 6.07) is 6.24. The quantitative estimate of drug-likeness (QED) is 0.733. The molecule has 0 aliphatic heterocycles. The second kappa shape index (κ2) is 3.99. The Bertz CT molecular complexity index is 495. The van der Waals surface area contributed by atoms with E-state index in [1.165, 1.54) is 17.5 Å². The van der Waals surface area contributed by atoms with E-state index in [4.69, 9.17) is 11.6 Å². The SMILES string of the molecule is Cc1ccc(C)c(-c2ncncc2Cl)c1. The van der Waals surface area contributed by atoms with Gasteiger partial charge in [0.1, 0.15) is 6.33 Å². The third-order valence-electron chi connectivity index (χ3n) is 2.32. The van der Waals surface area contributed by atoms with E-state index in [2.05, 4.69) is 35.1 Å². The zero-order valence-electron chi connectivity index (χ0n) is 8.66. The molecule has 0 saturated carbocycles. The Labute approximate surface area is 94.0 Å². The van der Waals surface area contributed by atoms with E-state index < -0.39 is 0 Å². The van der Waals surface area contributed by atoms with Gasteiger partial charge < -0.3 is 0 Å². The fraction of sp³-hybridized carbons (Fsp3) is 0.167. The van der Waals surface area contributed by atoms with Gasteiger partial charge in [-0.3, -0.25) is 0 Å². The fourth-order valence-corrected chi connectivity index (χ4v) is 1.71. The zero-order chi connectivity index (χ0) is 10.8. The Morgan fingerprint density at radius 3 is 2.73 bits per heavy atom. The smallest absolute Gasteiger partial charge is 0.116 e. The maximum absolute atomic E-state index is 6.06. The van der Waals surface area contributed by atoms with Crippen molar-refractivity contribution in [1.29, 1.82) is 0 Å². The Morgan fingerprint density at radius 1 is 1.20 bits per heavy atom. The van der Waals surface area contributed by atoms with Crippen molar-refractivity contribution in [3.8, 4) is 11.3 Å². The van der Waals surface area contributed by atoms with Gasteiger partial charge in [0.2, 0.25) is 0 Å². The molecule has 0 saturated heterocycles. The second-order valence-corrected chi connectivity index (χ2v) is 3.94. The molecule has 2 aromatic rings. The molecule has 2 rings (SSSR count). The highest BCUT2D eigenvalue weighted by Gasteiger charge is 2.07. The minimum Gasteiger partial charge on any atom is -0.243 e. The third-order valence-corrected chi connectivity index (χ3v) is 2.59. The molecule has 0 amide bonds. The van der Waals surface area contributed by atoms with Gasteiger partial charge in [-0.2, -0.15) is 0 Å². The molecular weight excluding hydrogens is 208 g/mol. The van der Waals surface area contributed by atoms with Gasteiger partial charge >= 0.3 is 0 Å². The molecule has 0 aliphatic carbocycles. The van der Waals surface area contributed by atoms with Crippen LogP contribution in [0.4, 0.5) is 0 Å². The monoisotopic (exact) mass is 218 g/mol. The Balaban J connectivity index is 2.64. The van der Waals surface area contributed by atoms with Crippen molar-refractivity contribution in [3.63, 3.8) is 0 Å². The van der Waals surface area contributed by atoms with Crippen molar-refractivity contribution in [2.45, 2.75) is 13.8 Å². The lowest BCUT2D eigenvalue weighted by Crippen LogP contribution is -1.90. The first-order chi connectivity index (χ1) is 7.18. The number of nitrogens with zero attached hydrogens (tertiary/aromatic N) is 2. The van der Waals surface area contributed by atoms with Crippen LogP contribution >= 0.6 is 11.6 Å². The molecular formula is C12H11ClN2. The number of rotatable bonds is 1. The topological polar surface area (TPSA) is 25.8 Å². The highest BCUT2D eigenvalue weighted by Crippen LogP contribution is 2.27. The molecule has 76 valence electrons. The van der Waals surface area contributed by atoms with Gasteiger partial charge in [-0.1, -0.05) is 29.3 Å². The van der Waals surface area contributed by atoms with E-state index in [0.717, 1.165) is 11.3 Å². The molecule has 0 spiro atoms. The van der Waals surface area contributed by atoms with Crippen molar-refractivity contribution in [2.24, 2.45) is 0 Å². The van der Waals surface area contributed by atoms with Gasteiger partial charge in [0, 0.05) is 11.8 Å². The molecule has 2 nitrogen and oxygen atoms in total. The van der Waals surface area contributed by atoms with Crippen LogP contribution in [0.15, 0.2) is 30.7 Å². The number of aromatic nitrogens is 2. The summed E-state index contributed by atoms with van der Waals surface area (Å²) in [7, 11) is 0. The molecule has 0 aliphatic rings. The predicted molar refractivity (Wildman–Crippen MR) is 62.0 cm³/mol. The number of hydrogen-bond donors (Lipinski definition) is 0. The summed E-state index contributed by atoms with van der Waals surface area (Å²) in [6.45, 7) is 4.10. The average molecular weight is 219 g/mol. The fourth-order valence-electron chi connectivity index (χ4n) is 1.50. The van der Waals surface area contributed by atoms with Crippen LogP contribution in [0.1, 0.15) is 11.1 Å². The first-order valence-corrected chi connectivity index (χ1v) is 5.09. The summed E-state index contributed by atoms with van der Waals surface area (Å²) < 4.78 is 0. The van der Waals surface area contributed by atoms with Crippen molar-refractivity contribution in [3.05, 3.63) is 46.9 Å². The first kappa shape index (κ1) is 10.1. The first-order valence-electron chi connectivity index (χ1n) is 4.71. The zero-order valence-corrected chi connectivity index (χ0v) is 9.42. The van der Waals surface area contributed by atoms with Crippen LogP contribution in [0.5, 0.6) is 0 Å². The van der Waals surface area contributed by atoms with E-state index >= 15 is 0 Å². The van der Waals surface area contributed by atoms with Crippen molar-refractivity contribution < 1.29 is 0 Å². The molecule has 3 heteroatoms. The molecule has 1 heterocycles. The van der Waals surface area contributed by atoms with Crippen LogP contribution < -0.4 is 0 Å². The number of benzene rings is 1. The van der Waals surface area contributed by atoms with Gasteiger partial charge in [0.25, 0.3) is 0 Å². The molecule has 0 unspecified atom stereocenters. The van der Waals surface area contributed by atoms with Crippen LogP contribution in [0.3, 0.4) is 0 Å². The minimum atomic E-state index is 0.589. The molecule has 1 aromatic carbocycles. The normalized spacial score (nSPS) is 10.3. The Kier molecular flexibility index (Phi) is 2.69. The van der Waals surface area contributed by atoms with Crippen LogP contribution in [0.2, 0.25) is 5.02 Å². The van der Waals surface area contributed by atoms with Crippen LogP contribution in [-0.2, 0) is 0 Å². The van der Waals surface area contributed by atoms with Crippen LogP contribution in [0.25, 0.3) is 11.3 Å². The van der Waals surface area contributed by atoms with Gasteiger partial charge in [0.05, 0.1) is 10.7 Å². The Morgan fingerprint density at radius 2 is 2.00 bits per heavy atom. The molecule has 1 aromatic heterocycles. The molecule has 0 atom stereocenters. The summed E-state index contributed by atoms with van der Waals surface area (Å²) in [4.78, 5) is 8.09. The second-order valence-electron chi connectivity index (χ2n) is 3.54. The highest BCUT2D eigenvalue weighted by atomic mass is 35.5. The summed E-state index contributed by atoms with van der Waals surface area (Å²) in [5, 5.41) is 0.589. The lowest BCUT2D eigenvalue weighted by Gasteiger charge is -2.07. The largest absolute Gasteiger partial charge is 0.243 e. The predicted octanol–water partition coefficient (Wildman–Crippen LogP) is 3.41. The maximum Gasteiger partial charge on any atom is 0.116 e. The lowest BCUT2D eigenvalue weighted by molar-refractivity contribution is 1.17. The molecule has 0 bridgehead atoms. The van der Waals surface area contributed by atoms with Crippen LogP contribution in [0, 0.1) is 13.8 Å². The van der Waals surface area contributed by atoms with E-state index in [1.54, 1.807) is 6.20 Å². The lowest BCUT2D eigenvalue weighted by atomic mass is 10.0. The maximum atomic E-state index is 6.06. The molecule has 0 N–H and O–H groups in total. The van der Waals surface area contributed by atoms with Gasteiger partial charge in [-0.05, 0) is 25.5 Å². The van der Waals surface area contributed by atoms with E-state index in [9.17, 15) is 0 Å². The van der Waals surface area contributed by atoms with E-state index in [0.29, 0.717) is 5.02 Å². The minimum absolute atomic E-state index is 0.589. The summed E-state index contributed by atoms with van der Waals surface area (Å²) in [5.74, 6) is 0. The summed E-state index contributed by atoms with van der Waals surface area (Å²) in [5.41, 5.74) is 4.24. The summed E-state index contributed by atoms with van der Waals surface area (Å²) in [6.07, 6.45) is 3.13. The highest BCUT2D eigenvalue weighted by molar-refractivity contribution is 6.32. The number of halogens is 1. The molecule has 15 heavy (non-hydrogen) atoms. The number of aryl methyl sites for hydroxylation is 2. The van der Waals surface area contributed by atoms with Crippen LogP contribution in [-0.4, -0.2) is 9.97 Å². The molecule has 0 radical (unpaired) electrons. The van der Waals surface area contributed by atoms with Crippen molar-refractivity contribution in [1.82, 2.24) is 9.97 Å². The van der Waals surface area contributed by atoms with E-state index in [-0.39, 0.29) is 0 Å². The third kappa shape index (κ3) is 2.00. The number of hydrogen-bond acceptors (Lipinski definition) is 2. The standard InChI is InChI=1S/C12H11ClN2/c1-8-3-4-9(2)10(5-8)12-11(13)6-14-7-15-12/h3-7H,1-2H3. The average Bonchev–Trinajstić information content (AvgIpc) is 2.23. The van der Waals surface area contributed by atoms with Gasteiger partial charge in [0.15, 0.2) is 0 Å². The Hall–Kier alpha value is -1.41.